The first kappa shape index (κ1) is 22.6. The number of carbonyl (C=O) groups excluding carboxylic acids is 1. The number of hydrogen-bond acceptors (Lipinski definition) is 5. The van der Waals surface area contributed by atoms with Crippen LogP contribution in [0.3, 0.4) is 0 Å². The topological polar surface area (TPSA) is 133 Å². The van der Waals surface area contributed by atoms with E-state index < -0.39 is 17.6 Å². The summed E-state index contributed by atoms with van der Waals surface area (Å²) < 4.78 is 4.36. The van der Waals surface area contributed by atoms with E-state index in [1.807, 2.05) is 0 Å². The molecule has 6 N–H and O–H groups in total. The molecule has 9 heteroatoms. The van der Waals surface area contributed by atoms with Gasteiger partial charge in [0.15, 0.2) is 0 Å². The molecule has 0 aliphatic rings. The van der Waals surface area contributed by atoms with Gasteiger partial charge >= 0.3 is 12.1 Å². The van der Waals surface area contributed by atoms with Crippen molar-refractivity contribution in [3.63, 3.8) is 0 Å². The molecule has 1 radical (unpaired) electrons. The minimum atomic E-state index is -1.23. The van der Waals surface area contributed by atoms with E-state index in [2.05, 4.69) is 10.1 Å². The number of hydrogen-bond donors (Lipinski definition) is 3. The minimum Gasteiger partial charge on any atom is -0.480 e. The fourth-order valence-corrected chi connectivity index (χ4v) is 1.58. The molecule has 0 aromatic rings. The van der Waals surface area contributed by atoms with Gasteiger partial charge in [0.25, 0.3) is 0 Å². The molecule has 0 aliphatic heterocycles. The van der Waals surface area contributed by atoms with Gasteiger partial charge in [0.1, 0.15) is 5.54 Å². The minimum absolute atomic E-state index is 0. The number of rotatable bonds is 6. The molecule has 0 unspecified atom stereocenters. The van der Waals surface area contributed by atoms with E-state index in [4.69, 9.17) is 10.8 Å². The quantitative estimate of drug-likeness (QED) is 0.420. The number of carbonyl (C=O) groups is 2. The second kappa shape index (κ2) is 11.5. The molecule has 1 atom stereocenters. The van der Waals surface area contributed by atoms with Crippen LogP contribution in [0.15, 0.2) is 0 Å². The van der Waals surface area contributed by atoms with Crippen LogP contribution in [0.5, 0.6) is 0 Å². The fraction of sp³-hybridized carbons (Fsp3) is 0.750. The second-order valence-corrected chi connectivity index (χ2v) is 4.30. The average molecular weight is 481 g/mol. The van der Waals surface area contributed by atoms with Crippen LogP contribution in [0.25, 0.3) is 0 Å². The largest absolute Gasteiger partial charge is 0.480 e. The average Bonchev–Trinajstić information content (AvgIpc) is 2.16. The fourth-order valence-electron chi connectivity index (χ4n) is 0.643. The van der Waals surface area contributed by atoms with Crippen LogP contribution < -0.4 is 11.1 Å². The van der Waals surface area contributed by atoms with Crippen LogP contribution in [0.2, 0.25) is 0 Å². The normalized spacial score (nSPS) is 12.4. The molecule has 0 saturated carbocycles. The zero-order valence-electron chi connectivity index (χ0n) is 9.86. The van der Waals surface area contributed by atoms with Crippen LogP contribution in [0, 0.1) is 44.1 Å². The molecule has 0 aromatic carbocycles. The Morgan fingerprint density at radius 1 is 1.53 bits per heavy atom. The van der Waals surface area contributed by atoms with E-state index >= 15 is 0 Å². The molecule has 17 heavy (non-hydrogen) atoms. The van der Waals surface area contributed by atoms with Crippen molar-refractivity contribution >= 4 is 23.8 Å². The number of amides is 1. The molecule has 0 fully saturated rings. The molecule has 99 valence electrons. The smallest absolute Gasteiger partial charge is 0.406 e. The first-order valence-electron chi connectivity index (χ1n) is 4.32. The van der Waals surface area contributed by atoms with Crippen molar-refractivity contribution in [1.82, 2.24) is 5.32 Å². The van der Waals surface area contributed by atoms with Crippen molar-refractivity contribution in [2.45, 2.75) is 12.5 Å². The van der Waals surface area contributed by atoms with Crippen LogP contribution in [-0.4, -0.2) is 53.3 Å². The summed E-state index contributed by atoms with van der Waals surface area (Å²) >= 11 is 1.36. The summed E-state index contributed by atoms with van der Waals surface area (Å²) in [5.41, 5.74) is 4.27. The maximum absolute atomic E-state index is 10.6. The monoisotopic (exact) mass is 481 g/mol. The van der Waals surface area contributed by atoms with Crippen LogP contribution >= 0.6 is 11.8 Å². The van der Waals surface area contributed by atoms with Gasteiger partial charge in [0.2, 0.25) is 0 Å². The van der Waals surface area contributed by atoms with Gasteiger partial charge in [-0.15, -0.1) is 0 Å². The summed E-state index contributed by atoms with van der Waals surface area (Å²) in [6.07, 6.45) is -0.496. The van der Waals surface area contributed by atoms with Crippen LogP contribution in [0.1, 0.15) is 6.92 Å². The Morgan fingerprint density at radius 2 is 2.06 bits per heavy atom. The predicted molar refractivity (Wildman–Crippen MR) is 61.6 cm³/mol. The van der Waals surface area contributed by atoms with Crippen molar-refractivity contribution in [2.24, 2.45) is 5.73 Å². The van der Waals surface area contributed by atoms with Crippen molar-refractivity contribution in [1.29, 1.82) is 0 Å². The maximum Gasteiger partial charge on any atom is 0.406 e. The molecular formula is C8H18AcN2O5S. The van der Waals surface area contributed by atoms with Crippen molar-refractivity contribution in [3.05, 3.63) is 0 Å². The molecule has 0 aliphatic carbocycles. The van der Waals surface area contributed by atoms with Crippen LogP contribution in [-0.2, 0) is 9.53 Å². The number of nitrogens with two attached hydrogens (primary N) is 1. The zero-order chi connectivity index (χ0) is 11.9. The van der Waals surface area contributed by atoms with E-state index in [0.29, 0.717) is 18.1 Å². The number of alkyl carbamates (subject to hydrolysis) is 1. The number of thioether (sulfide) groups is 1. The molecule has 0 aromatic heterocycles. The van der Waals surface area contributed by atoms with Gasteiger partial charge in [-0.05, 0) is 6.92 Å². The second-order valence-electron chi connectivity index (χ2n) is 3.19. The zero-order valence-corrected chi connectivity index (χ0v) is 15.4. The first-order chi connectivity index (χ1) is 6.90. The number of ether oxygens (including phenoxy) is 1. The van der Waals surface area contributed by atoms with Gasteiger partial charge in [-0.3, -0.25) is 4.79 Å². The van der Waals surface area contributed by atoms with E-state index in [1.54, 1.807) is 0 Å². The van der Waals surface area contributed by atoms with E-state index in [9.17, 15) is 9.59 Å². The summed E-state index contributed by atoms with van der Waals surface area (Å²) in [5.74, 6) is -0.142. The molecule has 0 saturated heterocycles. The standard InChI is InChI=1S/C8H16N2O4S.Ac.H2O/c1-8(9,6(11)12)5-15-4-3-10-7(13)14-2;;/h3-5,9H2,1-2H3,(H,10,13)(H,11,12);;1H2/t8-;;/m0../s1. The number of methoxy groups -OCH3 is 1. The Morgan fingerprint density at radius 3 is 2.47 bits per heavy atom. The van der Waals surface area contributed by atoms with Crippen molar-refractivity contribution in [2.75, 3.05) is 25.2 Å². The van der Waals surface area contributed by atoms with Gasteiger partial charge in [0, 0.05) is 62.1 Å². The maximum atomic E-state index is 10.6. The summed E-state index contributed by atoms with van der Waals surface area (Å²) in [4.78, 5) is 21.2. The molecule has 0 spiro atoms. The van der Waals surface area contributed by atoms with Gasteiger partial charge in [-0.1, -0.05) is 0 Å². The Kier molecular flexibility index (Phi) is 15.3. The van der Waals surface area contributed by atoms with Gasteiger partial charge in [-0.25, -0.2) is 4.79 Å². The van der Waals surface area contributed by atoms with E-state index in [1.165, 1.54) is 25.8 Å². The van der Waals surface area contributed by atoms with Crippen molar-refractivity contribution < 1.29 is 69.0 Å². The first-order valence-corrected chi connectivity index (χ1v) is 5.47. The molecule has 0 heterocycles. The summed E-state index contributed by atoms with van der Waals surface area (Å²) in [5, 5.41) is 11.2. The Hall–Kier alpha value is 0.452. The Labute approximate surface area is 140 Å². The molecule has 0 bridgehead atoms. The summed E-state index contributed by atoms with van der Waals surface area (Å²) in [6.45, 7) is 1.88. The number of aliphatic carboxylic acids is 1. The number of carboxylic acid groups (broad SMARTS) is 1. The SMILES string of the molecule is COC(=O)NCCSC[C@](C)(N)C(=O)O.O.[Ac]. The molecule has 7 nitrogen and oxygen atoms in total. The Bertz CT molecular complexity index is 240. The molecular weight excluding hydrogens is 463 g/mol. The van der Waals surface area contributed by atoms with Gasteiger partial charge < -0.3 is 26.4 Å². The third-order valence-electron chi connectivity index (χ3n) is 1.59. The Balaban J connectivity index is -0.000000980. The number of carboxylic acids is 1. The third kappa shape index (κ3) is 11.3. The van der Waals surface area contributed by atoms with Crippen LogP contribution in [0.4, 0.5) is 4.79 Å². The van der Waals surface area contributed by atoms with Gasteiger partial charge in [-0.2, -0.15) is 11.8 Å². The van der Waals surface area contributed by atoms with E-state index in [0.717, 1.165) is 0 Å². The molecule has 1 amide bonds. The summed E-state index contributed by atoms with van der Waals surface area (Å²) in [7, 11) is 1.28. The predicted octanol–water partition coefficient (Wildman–Crippen LogP) is -0.947. The summed E-state index contributed by atoms with van der Waals surface area (Å²) in [6, 6.07) is 0. The molecule has 0 rings (SSSR count). The van der Waals surface area contributed by atoms with Crippen molar-refractivity contribution in [3.8, 4) is 0 Å². The van der Waals surface area contributed by atoms with E-state index in [-0.39, 0.29) is 49.5 Å². The van der Waals surface area contributed by atoms with Gasteiger partial charge in [0.05, 0.1) is 7.11 Å². The third-order valence-corrected chi connectivity index (χ3v) is 2.89. The number of nitrogens with one attached hydrogen (secondary N) is 1.